The molecule has 2 amide bonds. The second-order valence-electron chi connectivity index (χ2n) is 5.74. The van der Waals surface area contributed by atoms with Gasteiger partial charge in [0.25, 0.3) is 0 Å². The zero-order chi connectivity index (χ0) is 16.8. The highest BCUT2D eigenvalue weighted by Gasteiger charge is 2.22. The molecule has 0 radical (unpaired) electrons. The maximum atomic E-state index is 12.4. The first-order valence-corrected chi connectivity index (χ1v) is 7.66. The van der Waals surface area contributed by atoms with Crippen molar-refractivity contribution in [1.29, 1.82) is 0 Å². The number of nitrogens with zero attached hydrogens (tertiary/aromatic N) is 3. The van der Waals surface area contributed by atoms with Gasteiger partial charge in [-0.05, 0) is 12.8 Å². The number of hydrogen-bond donors (Lipinski definition) is 2. The molecule has 126 valence electrons. The number of rotatable bonds is 5. The van der Waals surface area contributed by atoms with Crippen LogP contribution >= 0.6 is 0 Å². The second kappa shape index (κ2) is 7.75. The lowest BCUT2D eigenvalue weighted by Gasteiger charge is -2.19. The zero-order valence-electron chi connectivity index (χ0n) is 13.8. The predicted octanol–water partition coefficient (Wildman–Crippen LogP) is 0.939. The molecule has 0 aromatic carbocycles. The van der Waals surface area contributed by atoms with E-state index in [9.17, 15) is 9.59 Å². The summed E-state index contributed by atoms with van der Waals surface area (Å²) in [6.45, 7) is 0. The summed E-state index contributed by atoms with van der Waals surface area (Å²) < 4.78 is 5.20. The van der Waals surface area contributed by atoms with Gasteiger partial charge in [-0.3, -0.25) is 9.59 Å². The largest absolute Gasteiger partial charge is 0.479 e. The second-order valence-corrected chi connectivity index (χ2v) is 5.74. The smallest absolute Gasteiger partial charge is 0.242 e. The van der Waals surface area contributed by atoms with E-state index in [0.717, 1.165) is 19.3 Å². The topological polar surface area (TPSA) is 96.5 Å². The molecular weight excluding hydrogens is 298 g/mol. The third-order valence-electron chi connectivity index (χ3n) is 3.68. The Balaban J connectivity index is 2.09. The molecule has 1 saturated heterocycles. The van der Waals surface area contributed by atoms with E-state index >= 15 is 0 Å². The fourth-order valence-electron chi connectivity index (χ4n) is 2.58. The number of hydrogen-bond acceptors (Lipinski definition) is 6. The molecule has 0 bridgehead atoms. The van der Waals surface area contributed by atoms with Crippen LogP contribution in [0.5, 0.6) is 5.88 Å². The van der Waals surface area contributed by atoms with Crippen molar-refractivity contribution in [2.75, 3.05) is 31.4 Å². The third-order valence-corrected chi connectivity index (χ3v) is 3.68. The van der Waals surface area contributed by atoms with Crippen molar-refractivity contribution < 1.29 is 14.3 Å². The average Bonchev–Trinajstić information content (AvgIpc) is 2.71. The Kier molecular flexibility index (Phi) is 5.72. The highest BCUT2D eigenvalue weighted by molar-refractivity contribution is 5.95. The van der Waals surface area contributed by atoms with Gasteiger partial charge in [-0.1, -0.05) is 6.42 Å². The van der Waals surface area contributed by atoms with Gasteiger partial charge in [0.05, 0.1) is 7.11 Å². The normalized spacial score (nSPS) is 17.9. The van der Waals surface area contributed by atoms with E-state index in [4.69, 9.17) is 4.74 Å². The molecule has 2 heterocycles. The van der Waals surface area contributed by atoms with Crippen LogP contribution in [0.15, 0.2) is 6.33 Å². The first kappa shape index (κ1) is 17.0. The number of nitrogens with one attached hydrogen (secondary N) is 2. The van der Waals surface area contributed by atoms with Crippen LogP contribution in [0, 0.1) is 0 Å². The molecule has 0 spiro atoms. The average molecular weight is 321 g/mol. The summed E-state index contributed by atoms with van der Waals surface area (Å²) in [6, 6.07) is -0.136. The Morgan fingerprint density at radius 3 is 2.91 bits per heavy atom. The van der Waals surface area contributed by atoms with Crippen molar-refractivity contribution in [3.63, 3.8) is 0 Å². The van der Waals surface area contributed by atoms with Crippen LogP contribution in [0.25, 0.3) is 0 Å². The SMILES string of the molecule is COc1ncnc(N(C)C)c1NC(=O)CC1CCCCC(=O)N1. The molecular formula is C15H23N5O3. The number of methoxy groups -OCH3 is 1. The summed E-state index contributed by atoms with van der Waals surface area (Å²) in [7, 11) is 5.13. The molecule has 0 saturated carbocycles. The Labute approximate surface area is 135 Å². The Hall–Kier alpha value is -2.38. The van der Waals surface area contributed by atoms with E-state index in [2.05, 4.69) is 20.6 Å². The molecule has 1 aliphatic rings. The van der Waals surface area contributed by atoms with Crippen LogP contribution in [-0.2, 0) is 9.59 Å². The maximum Gasteiger partial charge on any atom is 0.242 e. The minimum Gasteiger partial charge on any atom is -0.479 e. The lowest BCUT2D eigenvalue weighted by molar-refractivity contribution is -0.121. The fraction of sp³-hybridized carbons (Fsp3) is 0.600. The summed E-state index contributed by atoms with van der Waals surface area (Å²) in [5.41, 5.74) is 0.435. The van der Waals surface area contributed by atoms with Crippen molar-refractivity contribution in [3.8, 4) is 5.88 Å². The number of carbonyl (C=O) groups is 2. The van der Waals surface area contributed by atoms with Gasteiger partial charge in [-0.2, -0.15) is 4.98 Å². The van der Waals surface area contributed by atoms with E-state index < -0.39 is 0 Å². The fourth-order valence-corrected chi connectivity index (χ4v) is 2.58. The zero-order valence-corrected chi connectivity index (χ0v) is 13.8. The molecule has 2 N–H and O–H groups in total. The molecule has 1 aromatic heterocycles. The summed E-state index contributed by atoms with van der Waals surface area (Å²) in [5, 5.41) is 5.70. The van der Waals surface area contributed by atoms with Gasteiger partial charge in [0, 0.05) is 33.0 Å². The molecule has 1 unspecified atom stereocenters. The Morgan fingerprint density at radius 1 is 1.43 bits per heavy atom. The molecule has 1 aliphatic heterocycles. The molecule has 23 heavy (non-hydrogen) atoms. The van der Waals surface area contributed by atoms with Crippen LogP contribution in [0.4, 0.5) is 11.5 Å². The van der Waals surface area contributed by atoms with Gasteiger partial charge in [0.15, 0.2) is 5.82 Å². The van der Waals surface area contributed by atoms with Crippen molar-refractivity contribution in [1.82, 2.24) is 15.3 Å². The van der Waals surface area contributed by atoms with Gasteiger partial charge in [0.1, 0.15) is 12.0 Å². The van der Waals surface area contributed by atoms with Crippen molar-refractivity contribution in [2.24, 2.45) is 0 Å². The van der Waals surface area contributed by atoms with Gasteiger partial charge < -0.3 is 20.3 Å². The lowest BCUT2D eigenvalue weighted by Crippen LogP contribution is -2.36. The number of ether oxygens (including phenoxy) is 1. The highest BCUT2D eigenvalue weighted by atomic mass is 16.5. The first-order valence-electron chi connectivity index (χ1n) is 7.66. The molecule has 1 atom stereocenters. The molecule has 0 aliphatic carbocycles. The molecule has 8 heteroatoms. The predicted molar refractivity (Wildman–Crippen MR) is 86.6 cm³/mol. The van der Waals surface area contributed by atoms with Crippen molar-refractivity contribution >= 4 is 23.3 Å². The number of aromatic nitrogens is 2. The number of carbonyl (C=O) groups excluding carboxylic acids is 2. The van der Waals surface area contributed by atoms with E-state index in [1.807, 2.05) is 14.1 Å². The summed E-state index contributed by atoms with van der Waals surface area (Å²) in [5.74, 6) is 0.681. The van der Waals surface area contributed by atoms with Crippen LogP contribution in [0.1, 0.15) is 32.1 Å². The van der Waals surface area contributed by atoms with Gasteiger partial charge >= 0.3 is 0 Å². The first-order chi connectivity index (χ1) is 11.0. The summed E-state index contributed by atoms with van der Waals surface area (Å²) >= 11 is 0. The van der Waals surface area contributed by atoms with E-state index in [-0.39, 0.29) is 24.3 Å². The minimum absolute atomic E-state index is 0.00917. The van der Waals surface area contributed by atoms with E-state index in [1.165, 1.54) is 13.4 Å². The van der Waals surface area contributed by atoms with Gasteiger partial charge in [-0.15, -0.1) is 0 Å². The lowest BCUT2D eigenvalue weighted by atomic mass is 10.1. The van der Waals surface area contributed by atoms with E-state index in [1.54, 1.807) is 4.90 Å². The van der Waals surface area contributed by atoms with Crippen LogP contribution in [0.3, 0.4) is 0 Å². The maximum absolute atomic E-state index is 12.4. The monoisotopic (exact) mass is 321 g/mol. The number of anilines is 2. The third kappa shape index (κ3) is 4.54. The molecule has 1 aromatic rings. The van der Waals surface area contributed by atoms with Gasteiger partial charge in [-0.25, -0.2) is 4.98 Å². The van der Waals surface area contributed by atoms with Crippen molar-refractivity contribution in [2.45, 2.75) is 38.1 Å². The minimum atomic E-state index is -0.201. The molecule has 2 rings (SSSR count). The summed E-state index contributed by atoms with van der Waals surface area (Å²) in [4.78, 5) is 33.9. The standard InChI is InChI=1S/C15H23N5O3/c1-20(2)14-13(15(23-3)17-9-16-14)19-12(22)8-10-6-4-5-7-11(21)18-10/h9-10H,4-8H2,1-3H3,(H,18,21)(H,19,22). The Morgan fingerprint density at radius 2 is 2.22 bits per heavy atom. The summed E-state index contributed by atoms with van der Waals surface area (Å²) in [6.07, 6.45) is 4.75. The van der Waals surface area contributed by atoms with Crippen LogP contribution in [0.2, 0.25) is 0 Å². The van der Waals surface area contributed by atoms with Crippen LogP contribution in [-0.4, -0.2) is 49.0 Å². The quantitative estimate of drug-likeness (QED) is 0.838. The van der Waals surface area contributed by atoms with Crippen LogP contribution < -0.4 is 20.3 Å². The molecule has 1 fully saturated rings. The number of amides is 2. The van der Waals surface area contributed by atoms with E-state index in [0.29, 0.717) is 23.8 Å². The highest BCUT2D eigenvalue weighted by Crippen LogP contribution is 2.30. The van der Waals surface area contributed by atoms with Gasteiger partial charge in [0.2, 0.25) is 17.7 Å². The Bertz CT molecular complexity index is 576. The molecule has 8 nitrogen and oxygen atoms in total. The van der Waals surface area contributed by atoms with Crippen molar-refractivity contribution in [3.05, 3.63) is 6.33 Å².